The number of amides is 1. The first-order valence-electron chi connectivity index (χ1n) is 5.47. The van der Waals surface area contributed by atoms with E-state index in [1.165, 1.54) is 18.3 Å². The van der Waals surface area contributed by atoms with Gasteiger partial charge in [0.1, 0.15) is 12.4 Å². The van der Waals surface area contributed by atoms with Crippen LogP contribution in [-0.2, 0) is 4.79 Å². The Morgan fingerprint density at radius 2 is 2.06 bits per heavy atom. The highest BCUT2D eigenvalue weighted by atomic mass is 16.4. The van der Waals surface area contributed by atoms with Crippen LogP contribution in [0.3, 0.4) is 0 Å². The number of hydrogen-bond acceptors (Lipinski definition) is 4. The topological polar surface area (TPSA) is 96.5 Å². The molecule has 0 radical (unpaired) electrons. The molecule has 1 rings (SSSR count). The van der Waals surface area contributed by atoms with Crippen molar-refractivity contribution in [3.63, 3.8) is 0 Å². The van der Waals surface area contributed by atoms with Crippen molar-refractivity contribution in [2.45, 2.75) is 26.3 Å². The predicted molar refractivity (Wildman–Crippen MR) is 67.5 cm³/mol. The van der Waals surface area contributed by atoms with Gasteiger partial charge in [-0.3, -0.25) is 9.59 Å². The maximum atomic E-state index is 11.1. The summed E-state index contributed by atoms with van der Waals surface area (Å²) in [6.07, 6.45) is 1.44. The Hall–Kier alpha value is -2.11. The summed E-state index contributed by atoms with van der Waals surface area (Å²) in [5.41, 5.74) is 5.07. The largest absolute Gasteiger partial charge is 0.480 e. The van der Waals surface area contributed by atoms with E-state index in [1.807, 2.05) is 20.8 Å². The first-order chi connectivity index (χ1) is 8.21. The van der Waals surface area contributed by atoms with Crippen molar-refractivity contribution < 1.29 is 14.7 Å². The minimum absolute atomic E-state index is 0.196. The molecule has 6 heteroatoms. The van der Waals surface area contributed by atoms with Gasteiger partial charge in [0.05, 0.1) is 0 Å². The minimum Gasteiger partial charge on any atom is -0.480 e. The van der Waals surface area contributed by atoms with Gasteiger partial charge in [0.25, 0.3) is 0 Å². The number of nitrogens with two attached hydrogens (primary N) is 1. The van der Waals surface area contributed by atoms with Gasteiger partial charge in [-0.25, -0.2) is 4.98 Å². The van der Waals surface area contributed by atoms with Gasteiger partial charge in [-0.05, 0) is 32.9 Å². The predicted octanol–water partition coefficient (Wildman–Crippen LogP) is 0.870. The van der Waals surface area contributed by atoms with Crippen LogP contribution < -0.4 is 10.6 Å². The summed E-state index contributed by atoms with van der Waals surface area (Å²) in [6.45, 7) is 5.41. The molecule has 3 N–H and O–H groups in total. The third-order valence-corrected chi connectivity index (χ3v) is 2.41. The zero-order valence-electron chi connectivity index (χ0n) is 10.7. The smallest absolute Gasteiger partial charge is 0.323 e. The Balaban J connectivity index is 3.17. The van der Waals surface area contributed by atoms with E-state index in [9.17, 15) is 9.59 Å². The van der Waals surface area contributed by atoms with Crippen molar-refractivity contribution >= 4 is 17.7 Å². The Kier molecular flexibility index (Phi) is 3.90. The van der Waals surface area contributed by atoms with Gasteiger partial charge in [-0.2, -0.15) is 0 Å². The van der Waals surface area contributed by atoms with E-state index in [4.69, 9.17) is 10.8 Å². The van der Waals surface area contributed by atoms with E-state index in [0.29, 0.717) is 11.4 Å². The van der Waals surface area contributed by atoms with Crippen LogP contribution in [0.5, 0.6) is 0 Å². The van der Waals surface area contributed by atoms with Gasteiger partial charge in [0, 0.05) is 17.3 Å². The quantitative estimate of drug-likeness (QED) is 0.827. The maximum Gasteiger partial charge on any atom is 0.323 e. The lowest BCUT2D eigenvalue weighted by atomic mass is 10.1. The number of aliphatic carboxylic acids is 1. The molecule has 6 nitrogen and oxygen atoms in total. The summed E-state index contributed by atoms with van der Waals surface area (Å²) >= 11 is 0. The number of carboxylic acids is 1. The summed E-state index contributed by atoms with van der Waals surface area (Å²) in [7, 11) is 0. The summed E-state index contributed by atoms with van der Waals surface area (Å²) < 4.78 is 0. The third-order valence-electron chi connectivity index (χ3n) is 2.41. The van der Waals surface area contributed by atoms with Crippen LogP contribution in [0.25, 0.3) is 0 Å². The van der Waals surface area contributed by atoms with E-state index in [-0.39, 0.29) is 6.54 Å². The highest BCUT2D eigenvalue weighted by molar-refractivity contribution is 5.93. The molecular formula is C12H17N3O3. The molecule has 0 saturated carbocycles. The zero-order chi connectivity index (χ0) is 13.9. The van der Waals surface area contributed by atoms with Crippen molar-refractivity contribution in [1.29, 1.82) is 0 Å². The van der Waals surface area contributed by atoms with E-state index in [0.717, 1.165) is 0 Å². The van der Waals surface area contributed by atoms with Gasteiger partial charge in [0.2, 0.25) is 5.91 Å². The lowest BCUT2D eigenvalue weighted by Gasteiger charge is -2.35. The molecule has 1 amide bonds. The standard InChI is InChI=1S/C12H17N3O3/c1-12(2,3)15(7-10(16)17)9-6-8(11(13)18)4-5-14-9/h4-6H,7H2,1-3H3,(H2,13,18)(H,16,17). The normalized spacial score (nSPS) is 11.1. The SMILES string of the molecule is CC(C)(C)N(CC(=O)O)c1cc(C(N)=O)ccn1. The second-order valence-corrected chi connectivity index (χ2v) is 4.92. The first kappa shape index (κ1) is 14.0. The van der Waals surface area contributed by atoms with Crippen LogP contribution in [0.4, 0.5) is 5.82 Å². The highest BCUT2D eigenvalue weighted by Gasteiger charge is 2.25. The zero-order valence-corrected chi connectivity index (χ0v) is 10.7. The number of aromatic nitrogens is 1. The molecule has 0 aliphatic rings. The van der Waals surface area contributed by atoms with Crippen LogP contribution >= 0.6 is 0 Å². The summed E-state index contributed by atoms with van der Waals surface area (Å²) in [4.78, 5) is 27.7. The summed E-state index contributed by atoms with van der Waals surface area (Å²) in [5.74, 6) is -1.11. The molecular weight excluding hydrogens is 234 g/mol. The van der Waals surface area contributed by atoms with E-state index in [1.54, 1.807) is 4.90 Å². The Morgan fingerprint density at radius 1 is 1.44 bits per heavy atom. The van der Waals surface area contributed by atoms with Crippen LogP contribution in [-0.4, -0.2) is 34.1 Å². The van der Waals surface area contributed by atoms with E-state index >= 15 is 0 Å². The number of anilines is 1. The van der Waals surface area contributed by atoms with Gasteiger partial charge < -0.3 is 15.7 Å². The monoisotopic (exact) mass is 251 g/mol. The molecule has 18 heavy (non-hydrogen) atoms. The number of carboxylic acid groups (broad SMARTS) is 1. The number of primary amides is 1. The number of nitrogens with zero attached hydrogens (tertiary/aromatic N) is 2. The average Bonchev–Trinajstić information content (AvgIpc) is 2.24. The van der Waals surface area contributed by atoms with Gasteiger partial charge >= 0.3 is 5.97 Å². The summed E-state index contributed by atoms with van der Waals surface area (Å²) in [5, 5.41) is 8.93. The van der Waals surface area contributed by atoms with Crippen LogP contribution in [0, 0.1) is 0 Å². The molecule has 1 aromatic rings. The van der Waals surface area contributed by atoms with Crippen LogP contribution in [0.15, 0.2) is 18.3 Å². The van der Waals surface area contributed by atoms with Gasteiger partial charge in [0.15, 0.2) is 0 Å². The third kappa shape index (κ3) is 3.44. The second kappa shape index (κ2) is 5.03. The summed E-state index contributed by atoms with van der Waals surface area (Å²) in [6, 6.07) is 2.99. The maximum absolute atomic E-state index is 11.1. The number of carbonyl (C=O) groups excluding carboxylic acids is 1. The molecule has 0 aliphatic heterocycles. The van der Waals surface area contributed by atoms with Crippen molar-refractivity contribution in [3.05, 3.63) is 23.9 Å². The van der Waals surface area contributed by atoms with Crippen LogP contribution in [0.1, 0.15) is 31.1 Å². The van der Waals surface area contributed by atoms with Crippen molar-refractivity contribution in [2.24, 2.45) is 5.73 Å². The molecule has 0 saturated heterocycles. The average molecular weight is 251 g/mol. The fourth-order valence-corrected chi connectivity index (χ4v) is 1.52. The molecule has 0 bridgehead atoms. The second-order valence-electron chi connectivity index (χ2n) is 4.92. The molecule has 0 aromatic carbocycles. The first-order valence-corrected chi connectivity index (χ1v) is 5.47. The number of pyridine rings is 1. The fourth-order valence-electron chi connectivity index (χ4n) is 1.52. The molecule has 0 atom stereocenters. The molecule has 1 heterocycles. The molecule has 0 aliphatic carbocycles. The molecule has 98 valence electrons. The van der Waals surface area contributed by atoms with Gasteiger partial charge in [-0.15, -0.1) is 0 Å². The van der Waals surface area contributed by atoms with Crippen LogP contribution in [0.2, 0.25) is 0 Å². The number of hydrogen-bond donors (Lipinski definition) is 2. The minimum atomic E-state index is -0.962. The fraction of sp³-hybridized carbons (Fsp3) is 0.417. The molecule has 0 unspecified atom stereocenters. The van der Waals surface area contributed by atoms with Crippen molar-refractivity contribution in [2.75, 3.05) is 11.4 Å². The van der Waals surface area contributed by atoms with E-state index < -0.39 is 17.4 Å². The van der Waals surface area contributed by atoms with Crippen molar-refractivity contribution in [1.82, 2.24) is 4.98 Å². The van der Waals surface area contributed by atoms with E-state index in [2.05, 4.69) is 4.98 Å². The number of rotatable bonds is 4. The Morgan fingerprint density at radius 3 is 2.50 bits per heavy atom. The van der Waals surface area contributed by atoms with Gasteiger partial charge in [-0.1, -0.05) is 0 Å². The molecule has 0 fully saturated rings. The number of carbonyl (C=O) groups is 2. The highest BCUT2D eigenvalue weighted by Crippen LogP contribution is 2.22. The lowest BCUT2D eigenvalue weighted by molar-refractivity contribution is -0.135. The lowest BCUT2D eigenvalue weighted by Crippen LogP contribution is -2.45. The molecule has 0 spiro atoms. The Labute approximate surface area is 105 Å². The molecule has 1 aromatic heterocycles. The Bertz CT molecular complexity index is 466. The van der Waals surface area contributed by atoms with Crippen molar-refractivity contribution in [3.8, 4) is 0 Å².